The summed E-state index contributed by atoms with van der Waals surface area (Å²) in [6, 6.07) is 8.19. The average Bonchev–Trinajstić information content (AvgIpc) is 2.42. The van der Waals surface area contributed by atoms with E-state index in [1.54, 1.807) is 0 Å². The quantitative estimate of drug-likeness (QED) is 0.850. The first kappa shape index (κ1) is 12.1. The molecule has 1 aliphatic rings. The van der Waals surface area contributed by atoms with Gasteiger partial charge in [-0.1, -0.05) is 24.3 Å². The SMILES string of the molecule is Cc1ccccc1Cc1nc2c(c(=O)[nH]1)CCNC2. The Bertz CT molecular complexity index is 661. The average molecular weight is 255 g/mol. The van der Waals surface area contributed by atoms with Crippen LogP contribution >= 0.6 is 0 Å². The van der Waals surface area contributed by atoms with Crippen LogP contribution in [0.2, 0.25) is 0 Å². The summed E-state index contributed by atoms with van der Waals surface area (Å²) < 4.78 is 0. The van der Waals surface area contributed by atoms with E-state index in [2.05, 4.69) is 34.3 Å². The molecule has 0 saturated carbocycles. The second kappa shape index (κ2) is 4.97. The molecular weight excluding hydrogens is 238 g/mol. The van der Waals surface area contributed by atoms with Gasteiger partial charge in [-0.3, -0.25) is 4.79 Å². The number of aromatic nitrogens is 2. The number of nitrogens with one attached hydrogen (secondary N) is 2. The van der Waals surface area contributed by atoms with Gasteiger partial charge in [0.1, 0.15) is 5.82 Å². The number of hydrogen-bond donors (Lipinski definition) is 2. The first-order valence-corrected chi connectivity index (χ1v) is 6.60. The molecule has 0 spiro atoms. The minimum Gasteiger partial charge on any atom is -0.311 e. The van der Waals surface area contributed by atoms with Crippen molar-refractivity contribution in [3.8, 4) is 0 Å². The molecule has 0 amide bonds. The maximum absolute atomic E-state index is 12.0. The number of benzene rings is 1. The molecule has 1 aromatic carbocycles. The van der Waals surface area contributed by atoms with Crippen LogP contribution in [-0.4, -0.2) is 16.5 Å². The van der Waals surface area contributed by atoms with E-state index in [9.17, 15) is 4.79 Å². The monoisotopic (exact) mass is 255 g/mol. The lowest BCUT2D eigenvalue weighted by Crippen LogP contribution is -2.32. The normalized spacial score (nSPS) is 14.2. The largest absolute Gasteiger partial charge is 0.311 e. The first-order chi connectivity index (χ1) is 9.24. The number of nitrogens with zero attached hydrogens (tertiary/aromatic N) is 1. The van der Waals surface area contributed by atoms with Crippen molar-refractivity contribution in [2.45, 2.75) is 26.3 Å². The molecule has 2 heterocycles. The summed E-state index contributed by atoms with van der Waals surface area (Å²) in [6.45, 7) is 3.63. The molecule has 4 nitrogen and oxygen atoms in total. The number of hydrogen-bond acceptors (Lipinski definition) is 3. The molecule has 0 atom stereocenters. The minimum atomic E-state index is 0.0232. The summed E-state index contributed by atoms with van der Waals surface area (Å²) in [5, 5.41) is 3.26. The summed E-state index contributed by atoms with van der Waals surface area (Å²) in [4.78, 5) is 19.5. The number of H-pyrrole nitrogens is 1. The second-order valence-electron chi connectivity index (χ2n) is 4.97. The van der Waals surface area contributed by atoms with Crippen LogP contribution in [0.1, 0.15) is 28.2 Å². The Balaban J connectivity index is 1.96. The van der Waals surface area contributed by atoms with Crippen LogP contribution in [0.3, 0.4) is 0 Å². The standard InChI is InChI=1S/C15H17N3O/c1-10-4-2-3-5-11(10)8-14-17-13-9-16-7-6-12(13)15(19)18-14/h2-5,16H,6-9H2,1H3,(H,17,18,19). The fourth-order valence-corrected chi connectivity index (χ4v) is 2.49. The Hall–Kier alpha value is -1.94. The van der Waals surface area contributed by atoms with Gasteiger partial charge in [-0.15, -0.1) is 0 Å². The van der Waals surface area contributed by atoms with Crippen LogP contribution in [-0.2, 0) is 19.4 Å². The van der Waals surface area contributed by atoms with Gasteiger partial charge in [0.15, 0.2) is 0 Å². The van der Waals surface area contributed by atoms with E-state index in [-0.39, 0.29) is 5.56 Å². The number of aryl methyl sites for hydroxylation is 1. The van der Waals surface area contributed by atoms with Crippen molar-refractivity contribution in [1.82, 2.24) is 15.3 Å². The highest BCUT2D eigenvalue weighted by Gasteiger charge is 2.15. The van der Waals surface area contributed by atoms with E-state index in [1.165, 1.54) is 11.1 Å². The maximum atomic E-state index is 12.0. The summed E-state index contributed by atoms with van der Waals surface area (Å²) in [7, 11) is 0. The van der Waals surface area contributed by atoms with Gasteiger partial charge >= 0.3 is 0 Å². The molecule has 98 valence electrons. The van der Waals surface area contributed by atoms with Gasteiger partial charge in [-0.05, 0) is 31.0 Å². The van der Waals surface area contributed by atoms with Crippen LogP contribution in [0.5, 0.6) is 0 Å². The highest BCUT2D eigenvalue weighted by Crippen LogP contribution is 2.12. The maximum Gasteiger partial charge on any atom is 0.254 e. The Morgan fingerprint density at radius 2 is 2.16 bits per heavy atom. The molecule has 19 heavy (non-hydrogen) atoms. The fourth-order valence-electron chi connectivity index (χ4n) is 2.49. The van der Waals surface area contributed by atoms with Crippen molar-refractivity contribution in [1.29, 1.82) is 0 Å². The van der Waals surface area contributed by atoms with Gasteiger partial charge in [0.05, 0.1) is 5.69 Å². The molecule has 1 aromatic heterocycles. The number of aromatic amines is 1. The van der Waals surface area contributed by atoms with E-state index >= 15 is 0 Å². The predicted molar refractivity (Wildman–Crippen MR) is 74.3 cm³/mol. The Morgan fingerprint density at radius 1 is 1.32 bits per heavy atom. The van der Waals surface area contributed by atoms with Gasteiger partial charge in [0.2, 0.25) is 0 Å². The predicted octanol–water partition coefficient (Wildman–Crippen LogP) is 1.31. The van der Waals surface area contributed by atoms with Gasteiger partial charge in [-0.2, -0.15) is 0 Å². The lowest BCUT2D eigenvalue weighted by Gasteiger charge is -2.16. The molecule has 2 N–H and O–H groups in total. The zero-order valence-corrected chi connectivity index (χ0v) is 11.0. The molecule has 3 rings (SSSR count). The van der Waals surface area contributed by atoms with Crippen molar-refractivity contribution in [3.05, 3.63) is 62.8 Å². The molecular formula is C15H17N3O. The van der Waals surface area contributed by atoms with E-state index in [0.717, 1.165) is 30.0 Å². The van der Waals surface area contributed by atoms with Crippen molar-refractivity contribution in [3.63, 3.8) is 0 Å². The minimum absolute atomic E-state index is 0.0232. The Labute approximate surface area is 111 Å². The van der Waals surface area contributed by atoms with Crippen molar-refractivity contribution < 1.29 is 0 Å². The molecule has 1 aliphatic heterocycles. The van der Waals surface area contributed by atoms with Crippen molar-refractivity contribution in [2.75, 3.05) is 6.54 Å². The van der Waals surface area contributed by atoms with E-state index in [4.69, 9.17) is 0 Å². The van der Waals surface area contributed by atoms with Crippen LogP contribution in [0, 0.1) is 6.92 Å². The third-order valence-electron chi connectivity index (χ3n) is 3.61. The molecule has 0 fully saturated rings. The van der Waals surface area contributed by atoms with E-state index in [1.807, 2.05) is 12.1 Å². The first-order valence-electron chi connectivity index (χ1n) is 6.60. The summed E-state index contributed by atoms with van der Waals surface area (Å²) in [5.74, 6) is 0.752. The molecule has 2 aromatic rings. The lowest BCUT2D eigenvalue weighted by molar-refractivity contribution is 0.612. The van der Waals surface area contributed by atoms with Gasteiger partial charge in [-0.25, -0.2) is 4.98 Å². The number of rotatable bonds is 2. The zero-order valence-electron chi connectivity index (χ0n) is 11.0. The summed E-state index contributed by atoms with van der Waals surface area (Å²) in [5.41, 5.74) is 4.19. The van der Waals surface area contributed by atoms with Crippen LogP contribution in [0.4, 0.5) is 0 Å². The second-order valence-corrected chi connectivity index (χ2v) is 4.97. The van der Waals surface area contributed by atoms with Crippen molar-refractivity contribution in [2.24, 2.45) is 0 Å². The highest BCUT2D eigenvalue weighted by atomic mass is 16.1. The van der Waals surface area contributed by atoms with Crippen LogP contribution < -0.4 is 10.9 Å². The van der Waals surface area contributed by atoms with Gasteiger partial charge in [0.25, 0.3) is 5.56 Å². The van der Waals surface area contributed by atoms with E-state index in [0.29, 0.717) is 13.0 Å². The molecule has 0 unspecified atom stereocenters. The topological polar surface area (TPSA) is 57.8 Å². The fraction of sp³-hybridized carbons (Fsp3) is 0.333. The summed E-state index contributed by atoms with van der Waals surface area (Å²) >= 11 is 0. The van der Waals surface area contributed by atoms with Crippen molar-refractivity contribution >= 4 is 0 Å². The molecule has 0 bridgehead atoms. The third-order valence-corrected chi connectivity index (χ3v) is 3.61. The molecule has 0 radical (unpaired) electrons. The van der Waals surface area contributed by atoms with E-state index < -0.39 is 0 Å². The molecule has 0 aliphatic carbocycles. The lowest BCUT2D eigenvalue weighted by atomic mass is 10.0. The Kier molecular flexibility index (Phi) is 3.17. The number of fused-ring (bicyclic) bond motifs is 1. The van der Waals surface area contributed by atoms with Crippen LogP contribution in [0.15, 0.2) is 29.1 Å². The molecule has 0 saturated heterocycles. The Morgan fingerprint density at radius 3 is 3.00 bits per heavy atom. The van der Waals surface area contributed by atoms with Gasteiger partial charge < -0.3 is 10.3 Å². The summed E-state index contributed by atoms with van der Waals surface area (Å²) in [6.07, 6.45) is 1.44. The van der Waals surface area contributed by atoms with Gasteiger partial charge in [0, 0.05) is 18.5 Å². The van der Waals surface area contributed by atoms with Crippen LogP contribution in [0.25, 0.3) is 0 Å². The third kappa shape index (κ3) is 2.44. The molecule has 4 heteroatoms. The zero-order chi connectivity index (χ0) is 13.2. The highest BCUT2D eigenvalue weighted by molar-refractivity contribution is 5.29. The smallest absolute Gasteiger partial charge is 0.254 e.